The van der Waals surface area contributed by atoms with E-state index < -0.39 is 11.6 Å². The molecule has 1 N–H and O–H groups in total. The van der Waals surface area contributed by atoms with Gasteiger partial charge in [0.15, 0.2) is 0 Å². The molecule has 2 heterocycles. The second-order valence-corrected chi connectivity index (χ2v) is 7.69. The summed E-state index contributed by atoms with van der Waals surface area (Å²) >= 11 is 0. The lowest BCUT2D eigenvalue weighted by Crippen LogP contribution is -2.51. The van der Waals surface area contributed by atoms with Crippen molar-refractivity contribution in [3.05, 3.63) is 0 Å². The Hall–Kier alpha value is -1.59. The zero-order valence-corrected chi connectivity index (χ0v) is 14.3. The number of piperidine rings is 1. The highest BCUT2D eigenvalue weighted by molar-refractivity contribution is 6.09. The predicted molar refractivity (Wildman–Crippen MR) is 85.6 cm³/mol. The molecule has 23 heavy (non-hydrogen) atoms. The minimum Gasteiger partial charge on any atom is -0.338 e. The molecule has 0 spiro atoms. The van der Waals surface area contributed by atoms with Crippen LogP contribution in [0.5, 0.6) is 0 Å². The third kappa shape index (κ3) is 2.83. The van der Waals surface area contributed by atoms with Crippen LogP contribution >= 0.6 is 0 Å². The summed E-state index contributed by atoms with van der Waals surface area (Å²) in [4.78, 5) is 40.5. The highest BCUT2D eigenvalue weighted by atomic mass is 16.2. The molecule has 6 nitrogen and oxygen atoms in total. The fourth-order valence-electron chi connectivity index (χ4n) is 3.98. The van der Waals surface area contributed by atoms with Gasteiger partial charge in [-0.2, -0.15) is 0 Å². The van der Waals surface area contributed by atoms with Crippen LogP contribution in [-0.4, -0.2) is 52.3 Å². The van der Waals surface area contributed by atoms with Gasteiger partial charge in [0.1, 0.15) is 12.1 Å². The van der Waals surface area contributed by atoms with Crippen molar-refractivity contribution >= 4 is 17.8 Å². The minimum absolute atomic E-state index is 0.105. The summed E-state index contributed by atoms with van der Waals surface area (Å²) in [5.74, 6) is 0.264. The van der Waals surface area contributed by atoms with E-state index in [0.717, 1.165) is 43.5 Å². The van der Waals surface area contributed by atoms with Gasteiger partial charge in [0.2, 0.25) is 5.91 Å². The van der Waals surface area contributed by atoms with Crippen molar-refractivity contribution in [1.29, 1.82) is 0 Å². The Labute approximate surface area is 137 Å². The molecule has 0 aromatic carbocycles. The molecular formula is C17H27N3O3. The summed E-state index contributed by atoms with van der Waals surface area (Å²) in [7, 11) is 0. The summed E-state index contributed by atoms with van der Waals surface area (Å²) in [6.45, 7) is 6.62. The molecule has 2 aliphatic heterocycles. The van der Waals surface area contributed by atoms with Crippen molar-refractivity contribution < 1.29 is 14.4 Å². The van der Waals surface area contributed by atoms with Gasteiger partial charge >= 0.3 is 6.03 Å². The first-order valence-electron chi connectivity index (χ1n) is 8.78. The summed E-state index contributed by atoms with van der Waals surface area (Å²) in [6, 6.07) is -0.206. The van der Waals surface area contributed by atoms with E-state index in [2.05, 4.69) is 19.2 Å². The Bertz CT molecular complexity index is 529. The molecule has 2 saturated heterocycles. The van der Waals surface area contributed by atoms with Gasteiger partial charge < -0.3 is 10.2 Å². The fourth-order valence-corrected chi connectivity index (χ4v) is 3.98. The SMILES string of the molecule is CC(C)C1CCCCN1C(=O)CN1C(=O)NC(C)(C2CC2)C1=O. The van der Waals surface area contributed by atoms with Crippen LogP contribution in [-0.2, 0) is 9.59 Å². The van der Waals surface area contributed by atoms with Gasteiger partial charge in [0, 0.05) is 12.6 Å². The number of imide groups is 1. The van der Waals surface area contributed by atoms with Crippen LogP contribution in [0.2, 0.25) is 0 Å². The molecule has 3 aliphatic rings. The van der Waals surface area contributed by atoms with Crippen LogP contribution in [0.15, 0.2) is 0 Å². The Morgan fingerprint density at radius 3 is 2.57 bits per heavy atom. The zero-order chi connectivity index (χ0) is 16.8. The third-order valence-corrected chi connectivity index (χ3v) is 5.63. The first kappa shape index (κ1) is 16.3. The molecule has 0 bridgehead atoms. The Morgan fingerprint density at radius 1 is 1.26 bits per heavy atom. The molecule has 6 heteroatoms. The normalized spacial score (nSPS) is 31.7. The van der Waals surface area contributed by atoms with Crippen molar-refractivity contribution in [3.8, 4) is 0 Å². The van der Waals surface area contributed by atoms with E-state index >= 15 is 0 Å². The minimum atomic E-state index is -0.809. The summed E-state index contributed by atoms with van der Waals surface area (Å²) in [5, 5.41) is 2.80. The maximum absolute atomic E-state index is 12.7. The van der Waals surface area contributed by atoms with E-state index in [0.29, 0.717) is 5.92 Å². The van der Waals surface area contributed by atoms with E-state index in [1.165, 1.54) is 0 Å². The fraction of sp³-hybridized carbons (Fsp3) is 0.824. The van der Waals surface area contributed by atoms with Gasteiger partial charge in [-0.3, -0.25) is 14.5 Å². The van der Waals surface area contributed by atoms with Crippen LogP contribution in [0.4, 0.5) is 4.79 Å². The van der Waals surface area contributed by atoms with Gasteiger partial charge in [0.05, 0.1) is 0 Å². The van der Waals surface area contributed by atoms with Gasteiger partial charge in [-0.05, 0) is 50.9 Å². The van der Waals surface area contributed by atoms with Crippen LogP contribution in [0.25, 0.3) is 0 Å². The van der Waals surface area contributed by atoms with Crippen LogP contribution in [0.1, 0.15) is 52.9 Å². The molecule has 4 amide bonds. The standard InChI is InChI=1S/C17H27N3O3/c1-11(2)13-6-4-5-9-19(13)14(21)10-20-15(22)17(3,12-7-8-12)18-16(20)23/h11-13H,4-10H2,1-3H3,(H,18,23). The molecule has 1 saturated carbocycles. The molecule has 0 radical (unpaired) electrons. The lowest BCUT2D eigenvalue weighted by atomic mass is 9.92. The smallest absolute Gasteiger partial charge is 0.325 e. The number of carbonyl (C=O) groups is 3. The van der Waals surface area contributed by atoms with Crippen molar-refractivity contribution in [2.24, 2.45) is 11.8 Å². The Balaban J connectivity index is 1.69. The number of carbonyl (C=O) groups excluding carboxylic acids is 3. The maximum atomic E-state index is 12.7. The zero-order valence-electron chi connectivity index (χ0n) is 14.3. The molecule has 128 valence electrons. The Kier molecular flexibility index (Phi) is 4.10. The third-order valence-electron chi connectivity index (χ3n) is 5.63. The average Bonchev–Trinajstić information content (AvgIpc) is 3.33. The summed E-state index contributed by atoms with van der Waals surface area (Å²) in [5.41, 5.74) is -0.809. The molecule has 2 unspecified atom stereocenters. The second-order valence-electron chi connectivity index (χ2n) is 7.69. The van der Waals surface area contributed by atoms with Gasteiger partial charge in [0.25, 0.3) is 5.91 Å². The quantitative estimate of drug-likeness (QED) is 0.802. The number of rotatable bonds is 4. The van der Waals surface area contributed by atoms with E-state index in [9.17, 15) is 14.4 Å². The van der Waals surface area contributed by atoms with Crippen LogP contribution in [0.3, 0.4) is 0 Å². The summed E-state index contributed by atoms with van der Waals surface area (Å²) in [6.07, 6.45) is 5.06. The number of hydrogen-bond acceptors (Lipinski definition) is 3. The highest BCUT2D eigenvalue weighted by Crippen LogP contribution is 2.42. The van der Waals surface area contributed by atoms with Gasteiger partial charge in [-0.1, -0.05) is 13.8 Å². The number of nitrogens with one attached hydrogen (secondary N) is 1. The second kappa shape index (κ2) is 5.80. The largest absolute Gasteiger partial charge is 0.338 e. The first-order valence-corrected chi connectivity index (χ1v) is 8.78. The first-order chi connectivity index (χ1) is 10.8. The topological polar surface area (TPSA) is 69.7 Å². The number of amides is 4. The Morgan fingerprint density at radius 2 is 1.96 bits per heavy atom. The lowest BCUT2D eigenvalue weighted by molar-refractivity contribution is -0.142. The van der Waals surface area contributed by atoms with Gasteiger partial charge in [-0.25, -0.2) is 4.79 Å². The number of urea groups is 1. The van der Waals surface area contributed by atoms with Crippen molar-refractivity contribution in [2.75, 3.05) is 13.1 Å². The molecule has 3 rings (SSSR count). The monoisotopic (exact) mass is 321 g/mol. The van der Waals surface area contributed by atoms with E-state index in [1.54, 1.807) is 6.92 Å². The van der Waals surface area contributed by atoms with Gasteiger partial charge in [-0.15, -0.1) is 0 Å². The maximum Gasteiger partial charge on any atom is 0.325 e. The molecule has 3 fully saturated rings. The number of likely N-dealkylation sites (tertiary alicyclic amines) is 1. The molecule has 2 atom stereocenters. The van der Waals surface area contributed by atoms with Crippen molar-refractivity contribution in [2.45, 2.75) is 64.5 Å². The van der Waals surface area contributed by atoms with E-state index in [-0.39, 0.29) is 30.3 Å². The number of hydrogen-bond donors (Lipinski definition) is 1. The van der Waals surface area contributed by atoms with E-state index in [4.69, 9.17) is 0 Å². The molecule has 0 aromatic heterocycles. The average molecular weight is 321 g/mol. The predicted octanol–water partition coefficient (Wildman–Crippen LogP) is 1.74. The van der Waals surface area contributed by atoms with Crippen LogP contribution in [0, 0.1) is 11.8 Å². The van der Waals surface area contributed by atoms with E-state index in [1.807, 2.05) is 4.90 Å². The lowest BCUT2D eigenvalue weighted by Gasteiger charge is -2.38. The molecule has 0 aromatic rings. The molecular weight excluding hydrogens is 294 g/mol. The van der Waals surface area contributed by atoms with Crippen molar-refractivity contribution in [1.82, 2.24) is 15.1 Å². The highest BCUT2D eigenvalue weighted by Gasteiger charge is 2.56. The van der Waals surface area contributed by atoms with Crippen molar-refractivity contribution in [3.63, 3.8) is 0 Å². The van der Waals surface area contributed by atoms with Crippen LogP contribution < -0.4 is 5.32 Å². The summed E-state index contributed by atoms with van der Waals surface area (Å²) < 4.78 is 0. The molecule has 1 aliphatic carbocycles. The number of nitrogens with zero attached hydrogens (tertiary/aromatic N) is 2.